The Hall–Kier alpha value is -2.22. The van der Waals surface area contributed by atoms with Gasteiger partial charge in [0.2, 0.25) is 11.8 Å². The SMILES string of the molecule is CCCNc1ncc([N+](=O)[O-])c(Nc2cccc(Br)c2)n1. The van der Waals surface area contributed by atoms with Crippen LogP contribution in [0.3, 0.4) is 0 Å². The van der Waals surface area contributed by atoms with E-state index in [2.05, 4.69) is 36.5 Å². The Morgan fingerprint density at radius 1 is 1.43 bits per heavy atom. The first kappa shape index (κ1) is 15.2. The molecule has 0 saturated carbocycles. The van der Waals surface area contributed by atoms with Crippen LogP contribution in [0.2, 0.25) is 0 Å². The molecule has 1 aromatic heterocycles. The average molecular weight is 352 g/mol. The van der Waals surface area contributed by atoms with Crippen molar-refractivity contribution in [1.82, 2.24) is 9.97 Å². The standard InChI is InChI=1S/C13H14BrN5O2/c1-2-6-15-13-16-8-11(19(20)21)12(18-13)17-10-5-3-4-9(14)7-10/h3-5,7-8H,2,6H2,1H3,(H2,15,16,17,18). The highest BCUT2D eigenvalue weighted by molar-refractivity contribution is 9.10. The third-order valence-electron chi connectivity index (χ3n) is 2.59. The van der Waals surface area contributed by atoms with Crippen molar-refractivity contribution >= 4 is 39.1 Å². The van der Waals surface area contributed by atoms with E-state index in [1.165, 1.54) is 6.20 Å². The fourth-order valence-electron chi connectivity index (χ4n) is 1.63. The molecule has 2 rings (SSSR count). The van der Waals surface area contributed by atoms with Crippen LogP contribution in [0.25, 0.3) is 0 Å². The molecule has 0 aliphatic heterocycles. The van der Waals surface area contributed by atoms with Gasteiger partial charge in [-0.3, -0.25) is 10.1 Å². The third-order valence-corrected chi connectivity index (χ3v) is 3.08. The molecule has 0 radical (unpaired) electrons. The van der Waals surface area contributed by atoms with Crippen molar-refractivity contribution in [2.24, 2.45) is 0 Å². The molecule has 21 heavy (non-hydrogen) atoms. The van der Waals surface area contributed by atoms with E-state index in [4.69, 9.17) is 0 Å². The van der Waals surface area contributed by atoms with Crippen LogP contribution in [-0.2, 0) is 0 Å². The van der Waals surface area contributed by atoms with E-state index in [0.717, 1.165) is 10.9 Å². The van der Waals surface area contributed by atoms with Gasteiger partial charge < -0.3 is 10.6 Å². The van der Waals surface area contributed by atoms with Gasteiger partial charge in [0, 0.05) is 16.7 Å². The first-order chi connectivity index (χ1) is 10.1. The minimum absolute atomic E-state index is 0.159. The summed E-state index contributed by atoms with van der Waals surface area (Å²) in [5.74, 6) is 0.520. The molecule has 0 spiro atoms. The van der Waals surface area contributed by atoms with Gasteiger partial charge in [-0.15, -0.1) is 0 Å². The number of rotatable bonds is 6. The zero-order valence-corrected chi connectivity index (χ0v) is 12.9. The lowest BCUT2D eigenvalue weighted by Crippen LogP contribution is -2.07. The number of benzene rings is 1. The van der Waals surface area contributed by atoms with E-state index in [1.807, 2.05) is 25.1 Å². The summed E-state index contributed by atoms with van der Waals surface area (Å²) in [6.45, 7) is 2.72. The summed E-state index contributed by atoms with van der Waals surface area (Å²) in [5, 5.41) is 17.0. The fraction of sp³-hybridized carbons (Fsp3) is 0.231. The van der Waals surface area contributed by atoms with Crippen molar-refractivity contribution in [2.75, 3.05) is 17.2 Å². The summed E-state index contributed by atoms with van der Waals surface area (Å²) in [7, 11) is 0. The molecule has 0 bridgehead atoms. The summed E-state index contributed by atoms with van der Waals surface area (Å²) in [6, 6.07) is 7.31. The Bertz CT molecular complexity index is 650. The minimum Gasteiger partial charge on any atom is -0.354 e. The number of aromatic nitrogens is 2. The number of nitro groups is 1. The van der Waals surface area contributed by atoms with Crippen LogP contribution in [0.4, 0.5) is 23.1 Å². The first-order valence-corrected chi connectivity index (χ1v) is 7.17. The van der Waals surface area contributed by atoms with Crippen LogP contribution in [0, 0.1) is 10.1 Å². The normalized spacial score (nSPS) is 10.2. The van der Waals surface area contributed by atoms with Gasteiger partial charge in [-0.05, 0) is 24.6 Å². The zero-order valence-electron chi connectivity index (χ0n) is 11.3. The molecular formula is C13H14BrN5O2. The molecule has 1 heterocycles. The average Bonchev–Trinajstić information content (AvgIpc) is 2.45. The largest absolute Gasteiger partial charge is 0.354 e. The summed E-state index contributed by atoms with van der Waals surface area (Å²) in [4.78, 5) is 18.7. The Morgan fingerprint density at radius 3 is 2.90 bits per heavy atom. The van der Waals surface area contributed by atoms with E-state index < -0.39 is 4.92 Å². The summed E-state index contributed by atoms with van der Waals surface area (Å²) in [5.41, 5.74) is 0.532. The van der Waals surface area contributed by atoms with Crippen LogP contribution in [0.5, 0.6) is 0 Å². The number of halogens is 1. The third kappa shape index (κ3) is 4.12. The smallest absolute Gasteiger partial charge is 0.329 e. The predicted molar refractivity (Wildman–Crippen MR) is 84.9 cm³/mol. The first-order valence-electron chi connectivity index (χ1n) is 6.38. The Labute approximate surface area is 130 Å². The van der Waals surface area contributed by atoms with Gasteiger partial charge >= 0.3 is 5.69 Å². The van der Waals surface area contributed by atoms with Crippen molar-refractivity contribution in [3.8, 4) is 0 Å². The highest BCUT2D eigenvalue weighted by atomic mass is 79.9. The topological polar surface area (TPSA) is 93.0 Å². The molecule has 1 aromatic carbocycles. The Morgan fingerprint density at radius 2 is 2.24 bits per heavy atom. The van der Waals surface area contributed by atoms with Gasteiger partial charge in [-0.25, -0.2) is 4.98 Å². The molecule has 2 aromatic rings. The van der Waals surface area contributed by atoms with Gasteiger partial charge in [-0.1, -0.05) is 28.9 Å². The van der Waals surface area contributed by atoms with E-state index in [0.29, 0.717) is 18.2 Å². The molecule has 0 aliphatic carbocycles. The maximum Gasteiger partial charge on any atom is 0.329 e. The lowest BCUT2D eigenvalue weighted by molar-refractivity contribution is -0.384. The number of hydrogen-bond acceptors (Lipinski definition) is 6. The van der Waals surface area contributed by atoms with Crippen molar-refractivity contribution in [3.05, 3.63) is 45.0 Å². The van der Waals surface area contributed by atoms with Gasteiger partial charge in [0.1, 0.15) is 6.20 Å². The lowest BCUT2D eigenvalue weighted by atomic mass is 10.3. The molecule has 8 heteroatoms. The summed E-state index contributed by atoms with van der Waals surface area (Å²) in [6.07, 6.45) is 2.11. The quantitative estimate of drug-likeness (QED) is 0.608. The van der Waals surface area contributed by atoms with E-state index in [1.54, 1.807) is 6.07 Å². The zero-order chi connectivity index (χ0) is 15.2. The summed E-state index contributed by atoms with van der Waals surface area (Å²) < 4.78 is 0.869. The molecule has 0 aliphatic rings. The molecule has 0 amide bonds. The number of hydrogen-bond donors (Lipinski definition) is 2. The maximum atomic E-state index is 11.1. The molecule has 0 fully saturated rings. The molecule has 0 unspecified atom stereocenters. The van der Waals surface area contributed by atoms with E-state index in [-0.39, 0.29) is 11.5 Å². The number of anilines is 3. The molecule has 2 N–H and O–H groups in total. The molecular weight excluding hydrogens is 338 g/mol. The van der Waals surface area contributed by atoms with Gasteiger partial charge in [-0.2, -0.15) is 4.98 Å². The highest BCUT2D eigenvalue weighted by Crippen LogP contribution is 2.26. The molecule has 110 valence electrons. The number of nitrogens with zero attached hydrogens (tertiary/aromatic N) is 3. The molecule has 0 atom stereocenters. The second kappa shape index (κ2) is 6.98. The van der Waals surface area contributed by atoms with Crippen molar-refractivity contribution in [3.63, 3.8) is 0 Å². The second-order valence-electron chi connectivity index (χ2n) is 4.25. The van der Waals surface area contributed by atoms with Crippen LogP contribution < -0.4 is 10.6 Å². The fourth-order valence-corrected chi connectivity index (χ4v) is 2.03. The van der Waals surface area contributed by atoms with E-state index >= 15 is 0 Å². The highest BCUT2D eigenvalue weighted by Gasteiger charge is 2.17. The maximum absolute atomic E-state index is 11.1. The molecule has 0 saturated heterocycles. The van der Waals surface area contributed by atoms with Crippen molar-refractivity contribution in [2.45, 2.75) is 13.3 Å². The Kier molecular flexibility index (Phi) is 5.04. The van der Waals surface area contributed by atoms with Gasteiger partial charge in [0.05, 0.1) is 4.92 Å². The number of nitrogens with one attached hydrogen (secondary N) is 2. The van der Waals surface area contributed by atoms with Crippen LogP contribution in [0.15, 0.2) is 34.9 Å². The monoisotopic (exact) mass is 351 g/mol. The summed E-state index contributed by atoms with van der Waals surface area (Å²) >= 11 is 3.35. The Balaban J connectivity index is 2.31. The predicted octanol–water partition coefficient (Wildman–Crippen LogP) is 3.71. The second-order valence-corrected chi connectivity index (χ2v) is 5.16. The minimum atomic E-state index is -0.510. The van der Waals surface area contributed by atoms with Crippen LogP contribution in [-0.4, -0.2) is 21.4 Å². The van der Waals surface area contributed by atoms with Gasteiger partial charge in [0.15, 0.2) is 0 Å². The van der Waals surface area contributed by atoms with Crippen LogP contribution in [0.1, 0.15) is 13.3 Å². The van der Waals surface area contributed by atoms with Gasteiger partial charge in [0.25, 0.3) is 0 Å². The van der Waals surface area contributed by atoms with Crippen molar-refractivity contribution in [1.29, 1.82) is 0 Å². The van der Waals surface area contributed by atoms with Crippen molar-refractivity contribution < 1.29 is 4.92 Å². The van der Waals surface area contributed by atoms with E-state index in [9.17, 15) is 10.1 Å². The van der Waals surface area contributed by atoms with Crippen LogP contribution >= 0.6 is 15.9 Å². The molecule has 7 nitrogen and oxygen atoms in total. The lowest BCUT2D eigenvalue weighted by Gasteiger charge is -2.08.